The van der Waals surface area contributed by atoms with Gasteiger partial charge in [-0.2, -0.15) is 0 Å². The second-order valence-electron chi connectivity index (χ2n) is 38.3. The first-order chi connectivity index (χ1) is 63.0. The normalized spacial score (nSPS) is 25.6. The predicted molar refractivity (Wildman–Crippen MR) is 544 cm³/mol. The number of ether oxygens (including phenoxy) is 6. The standard InChI is InChI=1S/C18H30N3O5PS.2C17H28N3O6P.2C17H28N3O5PS/c1-11(22)8-19-9-12-10-21(18(28)20-16(12)24)17-15(25-2)14(23)13(26-17)6-7-27(3,4)5;2*1-10(21)7-18-8-11-9-20(17(25)19-15(11)24)16-14(23)13(22)12(26-16)5-6-27(2,3)4;2*1-10(21)7-18-8-11-9-20(17(27)19-15(11)24)16-14(23)13(22)12(25-16)5-6-26(2,3)4/h10,13-15,17,19,23H,3,6-9H2,1-2,4-5H3,(H,20,24,28);2*9,12-14,16,18,22-23H,2,5-8H2,1,3-4H3,(H,19,24,25);2*9,12-14,16,18,22-23H,2,5-8H2,1,3-4H3,(H,19,24,27)/t13-,14-,15-,17-;4*12-,13-,14-,16-/m11111/s1. The average Bonchev–Trinajstić information content (AvgIpc) is 1.66. The van der Waals surface area contributed by atoms with Gasteiger partial charge in [0.2, 0.25) is 0 Å². The summed E-state index contributed by atoms with van der Waals surface area (Å²) in [5, 5.41) is 108. The Morgan fingerprint density at radius 3 is 0.713 bits per heavy atom. The highest BCUT2D eigenvalue weighted by molar-refractivity contribution is 7.73. The summed E-state index contributed by atoms with van der Waals surface area (Å²) in [6.07, 6.45) is 16.7. The van der Waals surface area contributed by atoms with Crippen molar-refractivity contribution in [3.63, 3.8) is 0 Å². The second kappa shape index (κ2) is 52.6. The zero-order valence-electron chi connectivity index (χ0n) is 80.2. The number of aromatic amines is 5. The number of aliphatic hydroxyl groups excluding tert-OH is 9. The van der Waals surface area contributed by atoms with Crippen LogP contribution in [0.1, 0.15) is 126 Å². The largest absolute Gasteiger partial charge is 0.388 e. The van der Waals surface area contributed by atoms with E-state index >= 15 is 0 Å². The van der Waals surface area contributed by atoms with Crippen molar-refractivity contribution in [2.24, 2.45) is 0 Å². The van der Waals surface area contributed by atoms with Crippen molar-refractivity contribution in [1.82, 2.24) is 74.3 Å². The second-order valence-corrected chi connectivity index (χ2v) is 61.1. The fourth-order valence-corrected chi connectivity index (χ4v) is 20.2. The number of rotatable bonds is 41. The summed E-state index contributed by atoms with van der Waals surface area (Å²) in [7, 11) is 1.51. The van der Waals surface area contributed by atoms with Gasteiger partial charge in [-0.05, 0) is 201 Å². The number of carbonyl (C=O) groups is 5. The molecule has 50 heteroatoms. The Morgan fingerprint density at radius 2 is 0.507 bits per heavy atom. The van der Waals surface area contributed by atoms with Crippen LogP contribution in [0, 0.1) is 14.3 Å². The lowest BCUT2D eigenvalue weighted by atomic mass is 10.1. The topological polar surface area (TPSA) is 606 Å². The first-order valence-electron chi connectivity index (χ1n) is 44.0. The molecule has 5 fully saturated rings. The Hall–Kier alpha value is -6.29. The van der Waals surface area contributed by atoms with Crippen molar-refractivity contribution in [2.75, 3.05) is 137 Å². The Bertz CT molecular complexity index is 5310. The summed E-state index contributed by atoms with van der Waals surface area (Å²) in [6.45, 7) is 23.0. The van der Waals surface area contributed by atoms with E-state index in [-0.39, 0.29) is 136 Å². The molecule has 0 saturated carbocycles. The Morgan fingerprint density at radius 1 is 0.324 bits per heavy atom. The molecule has 0 radical (unpaired) electrons. The van der Waals surface area contributed by atoms with Crippen LogP contribution in [0.4, 0.5) is 0 Å². The maximum atomic E-state index is 12.2. The smallest absolute Gasteiger partial charge is 0.330 e. The average molecular weight is 2070 g/mol. The minimum absolute atomic E-state index is 0.0232. The molecule has 5 aromatic heterocycles. The number of nitrogens with zero attached hydrogens (tertiary/aromatic N) is 5. The summed E-state index contributed by atoms with van der Waals surface area (Å²) in [5.74, 6) is -0.287. The van der Waals surface area contributed by atoms with Gasteiger partial charge >= 0.3 is 11.4 Å². The third-order valence-electron chi connectivity index (χ3n) is 22.1. The lowest BCUT2D eigenvalue weighted by Gasteiger charge is -2.22. The summed E-state index contributed by atoms with van der Waals surface area (Å²) < 4.78 is 41.8. The van der Waals surface area contributed by atoms with E-state index in [9.17, 15) is 103 Å². The third kappa shape index (κ3) is 36.9. The molecule has 10 heterocycles. The molecule has 5 aromatic rings. The Kier molecular flexibility index (Phi) is 45.8. The quantitative estimate of drug-likeness (QED) is 0.0172. The van der Waals surface area contributed by atoms with Crippen LogP contribution in [0.25, 0.3) is 0 Å². The molecule has 5 aliphatic rings. The van der Waals surface area contributed by atoms with Crippen molar-refractivity contribution in [2.45, 2.75) is 222 Å². The molecule has 0 unspecified atom stereocenters. The lowest BCUT2D eigenvalue weighted by molar-refractivity contribution is -0.117. The number of carbonyl (C=O) groups excluding carboxylic acids is 5. The van der Waals surface area contributed by atoms with Crippen molar-refractivity contribution in [3.8, 4) is 0 Å². The number of hydrogen-bond acceptors (Lipinski definition) is 35. The Labute approximate surface area is 804 Å². The van der Waals surface area contributed by atoms with Crippen molar-refractivity contribution in [1.29, 1.82) is 0 Å². The molecule has 766 valence electrons. The van der Waals surface area contributed by atoms with Gasteiger partial charge in [0.25, 0.3) is 27.8 Å². The minimum Gasteiger partial charge on any atom is -0.388 e. The molecule has 19 N–H and O–H groups in total. The van der Waals surface area contributed by atoms with Gasteiger partial charge in [-0.1, -0.05) is 0 Å². The van der Waals surface area contributed by atoms with E-state index < -0.39 is 180 Å². The molecule has 20 atom stereocenters. The number of methoxy groups -OCH3 is 1. The molecule has 0 amide bonds. The number of ketones is 5. The number of Topliss-reactive ketones (excluding diaryl/α,β-unsaturated/α-hetero) is 5. The van der Waals surface area contributed by atoms with Crippen molar-refractivity contribution >= 4 is 131 Å². The number of hydrogen-bond donors (Lipinski definition) is 19. The molecular weight excluding hydrogens is 1930 g/mol. The zero-order valence-corrected chi connectivity index (χ0v) is 87.1. The van der Waals surface area contributed by atoms with Gasteiger partial charge in [-0.15, -0.1) is 65.9 Å². The van der Waals surface area contributed by atoms with Crippen LogP contribution < -0.4 is 65.8 Å². The number of aliphatic hydroxyl groups is 9. The van der Waals surface area contributed by atoms with Crippen LogP contribution >= 0.6 is 71.1 Å². The summed E-state index contributed by atoms with van der Waals surface area (Å²) >= 11 is 15.7. The highest BCUT2D eigenvalue weighted by atomic mass is 32.1. The number of aromatic nitrogens is 10. The van der Waals surface area contributed by atoms with Gasteiger partial charge in [0.1, 0.15) is 90.0 Å². The first-order valence-corrected chi connectivity index (χ1v) is 60.5. The molecule has 136 heavy (non-hydrogen) atoms. The highest BCUT2D eigenvalue weighted by Crippen LogP contribution is 2.45. The van der Waals surface area contributed by atoms with E-state index in [1.54, 1.807) is 10.8 Å². The number of nitrogens with one attached hydrogen (secondary N) is 10. The highest BCUT2D eigenvalue weighted by Gasteiger charge is 2.49. The molecule has 0 aromatic carbocycles. The van der Waals surface area contributed by atoms with E-state index in [1.165, 1.54) is 75.7 Å². The molecule has 0 aliphatic carbocycles. The minimum atomic E-state index is -1.33. The van der Waals surface area contributed by atoms with Crippen LogP contribution in [-0.2, 0) is 85.1 Å². The summed E-state index contributed by atoms with van der Waals surface area (Å²) in [5.41, 5.74) is -2.17. The first kappa shape index (κ1) is 118. The van der Waals surface area contributed by atoms with Crippen LogP contribution in [0.15, 0.2) is 64.5 Å². The third-order valence-corrected chi connectivity index (χ3v) is 30.3. The number of H-pyrrole nitrogens is 5. The summed E-state index contributed by atoms with van der Waals surface area (Å²) in [4.78, 5) is 152. The van der Waals surface area contributed by atoms with Crippen LogP contribution in [-0.4, -0.2) is 383 Å². The molecule has 5 aliphatic heterocycles. The van der Waals surface area contributed by atoms with Gasteiger partial charge in [0.15, 0.2) is 45.5 Å². The van der Waals surface area contributed by atoms with Crippen LogP contribution in [0.3, 0.4) is 0 Å². The SMILES string of the molecule is C=P(C)(C)CC[C@H]1O[C@@H](n2cc(CNCC(C)=O)c(=O)[nH]c2=O)[C@H](O)[C@@H]1O.C=P(C)(C)CC[C@H]1O[C@@H](n2cc(CNCC(C)=O)c(=O)[nH]c2=O)[C@H](O)[C@@H]1O.C=P(C)(C)CC[C@H]1O[C@@H](n2cc(CNCC(C)=O)c(=O)[nH]c2=S)[C@H](O)[C@@H]1O.C=P(C)(C)CC[C@H]1O[C@@H](n2cc(CNCC(C)=O)c(=O)[nH]c2=S)[C@H](O)[C@@H]1O.C=P(C)(C)CC[C@H]1O[C@@H](n2cc(CNCC(C)=O)c(=O)[nH]c2=S)[C@H](OC)[C@@H]1O. The van der Waals surface area contributed by atoms with Gasteiger partial charge < -0.3 is 101 Å². The van der Waals surface area contributed by atoms with Crippen molar-refractivity contribution in [3.05, 3.63) is 146 Å². The molecule has 10 rings (SSSR count). The van der Waals surface area contributed by atoms with Gasteiger partial charge in [-0.3, -0.25) is 95.7 Å². The van der Waals surface area contributed by atoms with Crippen molar-refractivity contribution < 1.29 is 98.4 Å². The molecule has 5 saturated heterocycles. The van der Waals surface area contributed by atoms with Crippen LogP contribution in [0.5, 0.6) is 0 Å². The van der Waals surface area contributed by atoms with E-state index in [0.29, 0.717) is 48.8 Å². The van der Waals surface area contributed by atoms with Gasteiger partial charge in [-0.25, -0.2) is 9.59 Å². The van der Waals surface area contributed by atoms with E-state index in [0.717, 1.165) is 39.9 Å². The molecular formula is C86H142N15O27P5S3. The Balaban J connectivity index is 0.000000261. The van der Waals surface area contributed by atoms with Gasteiger partial charge in [0, 0.05) is 98.6 Å². The van der Waals surface area contributed by atoms with Gasteiger partial charge in [0.05, 0.1) is 63.2 Å². The monoisotopic (exact) mass is 2070 g/mol. The molecule has 0 bridgehead atoms. The van der Waals surface area contributed by atoms with Crippen LogP contribution in [0.2, 0.25) is 0 Å². The summed E-state index contributed by atoms with van der Waals surface area (Å²) in [6, 6.07) is 0. The van der Waals surface area contributed by atoms with E-state index in [2.05, 4.69) is 150 Å². The zero-order chi connectivity index (χ0) is 102. The fourth-order valence-electron chi connectivity index (χ4n) is 14.7. The van der Waals surface area contributed by atoms with E-state index in [1.807, 2.05) is 0 Å². The predicted octanol–water partition coefficient (Wildman–Crippen LogP) is -0.570. The molecule has 42 nitrogen and oxygen atoms in total. The fraction of sp³-hybridized carbons (Fsp3) is 0.651. The lowest BCUT2D eigenvalue weighted by Crippen LogP contribution is -2.39. The van der Waals surface area contributed by atoms with E-state index in [4.69, 9.17) is 65.1 Å². The molecule has 0 spiro atoms. The maximum Gasteiger partial charge on any atom is 0.330 e. The maximum absolute atomic E-state index is 12.2.